The highest BCUT2D eigenvalue weighted by Gasteiger charge is 2.30. The molecule has 0 aliphatic heterocycles. The van der Waals surface area contributed by atoms with Crippen molar-refractivity contribution < 1.29 is 22.4 Å². The molecule has 122 valence electrons. The van der Waals surface area contributed by atoms with Crippen LogP contribution in [0, 0.1) is 5.82 Å². The van der Waals surface area contributed by atoms with Gasteiger partial charge in [-0.3, -0.25) is 4.79 Å². The lowest BCUT2D eigenvalue weighted by Crippen LogP contribution is -2.16. The molecule has 0 aromatic heterocycles. The number of halogens is 5. The molecule has 3 nitrogen and oxygen atoms in total. The molecule has 0 unspecified atom stereocenters. The molecule has 8 heteroatoms. The lowest BCUT2D eigenvalue weighted by atomic mass is 10.1. The van der Waals surface area contributed by atoms with Crippen molar-refractivity contribution >= 4 is 27.5 Å². The summed E-state index contributed by atoms with van der Waals surface area (Å²) in [5.41, 5.74) is 4.43. The zero-order chi connectivity index (χ0) is 17.2. The van der Waals surface area contributed by atoms with E-state index in [0.29, 0.717) is 10.0 Å². The van der Waals surface area contributed by atoms with Crippen molar-refractivity contribution in [2.75, 3.05) is 5.32 Å². The number of nitrogens with two attached hydrogens (primary N) is 1. The van der Waals surface area contributed by atoms with E-state index in [2.05, 4.69) is 21.2 Å². The smallest absolute Gasteiger partial charge is 0.380 e. The van der Waals surface area contributed by atoms with Gasteiger partial charge in [0.2, 0.25) is 0 Å². The zero-order valence-electron chi connectivity index (χ0n) is 11.5. The number of carbonyl (C=O) groups excluding carboxylic acids is 1. The maximum atomic E-state index is 13.8. The summed E-state index contributed by atoms with van der Waals surface area (Å²) in [5, 5.41) is 2.73. The third-order valence-corrected chi connectivity index (χ3v) is 3.50. The SMILES string of the molecule is NC(=O)c1c(F)cc(Br)cc1NCc1cccc(C(F)(F)F)c1. The summed E-state index contributed by atoms with van der Waals surface area (Å²) in [4.78, 5) is 11.3. The summed E-state index contributed by atoms with van der Waals surface area (Å²) >= 11 is 3.08. The molecule has 23 heavy (non-hydrogen) atoms. The van der Waals surface area contributed by atoms with E-state index in [1.807, 2.05) is 0 Å². The third-order valence-electron chi connectivity index (χ3n) is 3.04. The number of hydrogen-bond acceptors (Lipinski definition) is 2. The molecule has 1 amide bonds. The maximum absolute atomic E-state index is 13.8. The Hall–Kier alpha value is -2.09. The minimum Gasteiger partial charge on any atom is -0.380 e. The fourth-order valence-corrected chi connectivity index (χ4v) is 2.45. The second-order valence-corrected chi connectivity index (χ2v) is 5.64. The van der Waals surface area contributed by atoms with Crippen LogP contribution >= 0.6 is 15.9 Å². The molecule has 0 spiro atoms. The molecule has 0 atom stereocenters. The second kappa shape index (κ2) is 6.57. The molecule has 0 aliphatic rings. The van der Waals surface area contributed by atoms with Crippen LogP contribution in [0.4, 0.5) is 23.2 Å². The quantitative estimate of drug-likeness (QED) is 0.763. The predicted octanol–water partition coefficient (Wildman–Crippen LogP) is 4.32. The fraction of sp³-hybridized carbons (Fsp3) is 0.133. The molecule has 2 aromatic carbocycles. The lowest BCUT2D eigenvalue weighted by molar-refractivity contribution is -0.137. The van der Waals surface area contributed by atoms with Gasteiger partial charge in [-0.25, -0.2) is 4.39 Å². The predicted molar refractivity (Wildman–Crippen MR) is 81.4 cm³/mol. The average Bonchev–Trinajstić information content (AvgIpc) is 2.43. The van der Waals surface area contributed by atoms with Crippen LogP contribution in [0.5, 0.6) is 0 Å². The number of nitrogens with one attached hydrogen (secondary N) is 1. The van der Waals surface area contributed by atoms with Crippen LogP contribution in [0.2, 0.25) is 0 Å². The molecule has 0 radical (unpaired) electrons. The van der Waals surface area contributed by atoms with Crippen LogP contribution < -0.4 is 11.1 Å². The number of carbonyl (C=O) groups is 1. The van der Waals surface area contributed by atoms with Gasteiger partial charge in [-0.1, -0.05) is 28.1 Å². The van der Waals surface area contributed by atoms with Crippen molar-refractivity contribution in [3.05, 3.63) is 63.4 Å². The molecule has 0 fully saturated rings. The summed E-state index contributed by atoms with van der Waals surface area (Å²) in [6, 6.07) is 7.20. The molecule has 2 rings (SSSR count). The molecule has 0 heterocycles. The Morgan fingerprint density at radius 1 is 1.22 bits per heavy atom. The number of alkyl halides is 3. The summed E-state index contributed by atoms with van der Waals surface area (Å²) < 4.78 is 52.2. The van der Waals surface area contributed by atoms with E-state index in [-0.39, 0.29) is 17.8 Å². The van der Waals surface area contributed by atoms with Crippen molar-refractivity contribution in [1.82, 2.24) is 0 Å². The summed E-state index contributed by atoms with van der Waals surface area (Å²) in [6.45, 7) is -0.0277. The first kappa shape index (κ1) is 17.3. The van der Waals surface area contributed by atoms with E-state index in [1.165, 1.54) is 18.2 Å². The van der Waals surface area contributed by atoms with E-state index >= 15 is 0 Å². The van der Waals surface area contributed by atoms with E-state index in [1.54, 1.807) is 0 Å². The summed E-state index contributed by atoms with van der Waals surface area (Å²) in [7, 11) is 0. The first-order valence-electron chi connectivity index (χ1n) is 6.37. The van der Waals surface area contributed by atoms with Gasteiger partial charge in [-0.05, 0) is 29.8 Å². The monoisotopic (exact) mass is 390 g/mol. The highest BCUT2D eigenvalue weighted by molar-refractivity contribution is 9.10. The molecule has 2 aromatic rings. The van der Waals surface area contributed by atoms with Gasteiger partial charge in [0.1, 0.15) is 5.82 Å². The van der Waals surface area contributed by atoms with Crippen molar-refractivity contribution in [3.8, 4) is 0 Å². The van der Waals surface area contributed by atoms with E-state index in [0.717, 1.165) is 18.2 Å². The van der Waals surface area contributed by atoms with E-state index in [4.69, 9.17) is 5.73 Å². The van der Waals surface area contributed by atoms with Crippen LogP contribution in [0.15, 0.2) is 40.9 Å². The number of primary amides is 1. The molecular formula is C15H11BrF4N2O. The Balaban J connectivity index is 2.27. The van der Waals surface area contributed by atoms with Gasteiger partial charge in [0.25, 0.3) is 5.91 Å². The van der Waals surface area contributed by atoms with Gasteiger partial charge in [0, 0.05) is 11.0 Å². The van der Waals surface area contributed by atoms with Crippen molar-refractivity contribution in [1.29, 1.82) is 0 Å². The third kappa shape index (κ3) is 4.22. The topological polar surface area (TPSA) is 55.1 Å². The van der Waals surface area contributed by atoms with Gasteiger partial charge in [0.15, 0.2) is 0 Å². The molecule has 0 bridgehead atoms. The van der Waals surface area contributed by atoms with Crippen molar-refractivity contribution in [3.63, 3.8) is 0 Å². The molecule has 3 N–H and O–H groups in total. The number of anilines is 1. The summed E-state index contributed by atoms with van der Waals surface area (Å²) in [5.74, 6) is -1.79. The van der Waals surface area contributed by atoms with Gasteiger partial charge >= 0.3 is 6.18 Å². The van der Waals surface area contributed by atoms with Gasteiger partial charge in [0.05, 0.1) is 16.8 Å². The number of benzene rings is 2. The van der Waals surface area contributed by atoms with Gasteiger partial charge < -0.3 is 11.1 Å². The minimum absolute atomic E-state index is 0.0277. The second-order valence-electron chi connectivity index (χ2n) is 4.73. The van der Waals surface area contributed by atoms with Crippen LogP contribution in [0.25, 0.3) is 0 Å². The van der Waals surface area contributed by atoms with Gasteiger partial charge in [-0.15, -0.1) is 0 Å². The Labute approximate surface area is 137 Å². The Bertz CT molecular complexity index is 747. The molecular weight excluding hydrogens is 380 g/mol. The van der Waals surface area contributed by atoms with E-state index < -0.39 is 23.5 Å². The molecule has 0 aliphatic carbocycles. The van der Waals surface area contributed by atoms with Gasteiger partial charge in [-0.2, -0.15) is 13.2 Å². The van der Waals surface area contributed by atoms with Crippen LogP contribution in [0.3, 0.4) is 0 Å². The van der Waals surface area contributed by atoms with Crippen molar-refractivity contribution in [2.45, 2.75) is 12.7 Å². The average molecular weight is 391 g/mol. The molecule has 0 saturated heterocycles. The highest BCUT2D eigenvalue weighted by atomic mass is 79.9. The number of hydrogen-bond donors (Lipinski definition) is 2. The lowest BCUT2D eigenvalue weighted by Gasteiger charge is -2.13. The minimum atomic E-state index is -4.45. The number of amides is 1. The van der Waals surface area contributed by atoms with Crippen LogP contribution in [-0.4, -0.2) is 5.91 Å². The summed E-state index contributed by atoms with van der Waals surface area (Å²) in [6.07, 6.45) is -4.45. The van der Waals surface area contributed by atoms with E-state index in [9.17, 15) is 22.4 Å². The normalized spacial score (nSPS) is 11.3. The van der Waals surface area contributed by atoms with Crippen LogP contribution in [0.1, 0.15) is 21.5 Å². The Kier molecular flexibility index (Phi) is 4.93. The standard InChI is InChI=1S/C15H11BrF4N2O/c16-10-5-11(17)13(14(21)23)12(6-10)22-7-8-2-1-3-9(4-8)15(18,19)20/h1-6,22H,7H2,(H2,21,23). The van der Waals surface area contributed by atoms with Crippen LogP contribution in [-0.2, 0) is 12.7 Å². The zero-order valence-corrected chi connectivity index (χ0v) is 13.1. The molecule has 0 saturated carbocycles. The first-order valence-corrected chi connectivity index (χ1v) is 7.16. The number of rotatable bonds is 4. The van der Waals surface area contributed by atoms with Crippen molar-refractivity contribution in [2.24, 2.45) is 5.73 Å². The first-order chi connectivity index (χ1) is 10.7. The Morgan fingerprint density at radius 3 is 2.52 bits per heavy atom. The largest absolute Gasteiger partial charge is 0.416 e. The fourth-order valence-electron chi connectivity index (χ4n) is 2.02. The highest BCUT2D eigenvalue weighted by Crippen LogP contribution is 2.30. The maximum Gasteiger partial charge on any atom is 0.416 e. The Morgan fingerprint density at radius 2 is 1.91 bits per heavy atom.